The van der Waals surface area contributed by atoms with Gasteiger partial charge < -0.3 is 4.90 Å². The first-order valence-corrected chi connectivity index (χ1v) is 9.21. The predicted molar refractivity (Wildman–Crippen MR) is 91.4 cm³/mol. The number of aromatic nitrogens is 3. The fourth-order valence-corrected chi connectivity index (χ4v) is 4.12. The van der Waals surface area contributed by atoms with Crippen molar-refractivity contribution in [3.63, 3.8) is 0 Å². The summed E-state index contributed by atoms with van der Waals surface area (Å²) >= 11 is 2.03. The summed E-state index contributed by atoms with van der Waals surface area (Å²) in [5.41, 5.74) is 3.51. The third-order valence-electron chi connectivity index (χ3n) is 4.37. The number of anilines is 1. The van der Waals surface area contributed by atoms with Gasteiger partial charge in [0, 0.05) is 42.0 Å². The van der Waals surface area contributed by atoms with E-state index in [2.05, 4.69) is 9.88 Å². The van der Waals surface area contributed by atoms with E-state index in [1.165, 1.54) is 41.4 Å². The molecule has 1 aliphatic carbocycles. The van der Waals surface area contributed by atoms with Gasteiger partial charge in [0.2, 0.25) is 0 Å². The van der Waals surface area contributed by atoms with Crippen molar-refractivity contribution >= 4 is 17.6 Å². The molecule has 0 bridgehead atoms. The van der Waals surface area contributed by atoms with Gasteiger partial charge in [-0.2, -0.15) is 11.8 Å². The monoisotopic (exact) mass is 312 g/mol. The minimum Gasteiger partial charge on any atom is -0.355 e. The Bertz CT molecular complexity index is 653. The molecular weight excluding hydrogens is 292 g/mol. The van der Waals surface area contributed by atoms with Crippen molar-refractivity contribution in [2.45, 2.75) is 25.7 Å². The molecule has 0 unspecified atom stereocenters. The Balaban J connectivity index is 1.80. The van der Waals surface area contributed by atoms with Crippen LogP contribution in [0.2, 0.25) is 0 Å². The van der Waals surface area contributed by atoms with Crippen LogP contribution in [-0.2, 0) is 12.8 Å². The van der Waals surface area contributed by atoms with Crippen LogP contribution in [0.4, 0.5) is 5.82 Å². The number of nitrogens with zero attached hydrogens (tertiary/aromatic N) is 4. The lowest BCUT2D eigenvalue weighted by Gasteiger charge is -2.31. The van der Waals surface area contributed by atoms with E-state index in [9.17, 15) is 0 Å². The van der Waals surface area contributed by atoms with Gasteiger partial charge in [-0.15, -0.1) is 0 Å². The molecule has 0 N–H and O–H groups in total. The van der Waals surface area contributed by atoms with E-state index in [0.29, 0.717) is 0 Å². The molecule has 1 aliphatic heterocycles. The Morgan fingerprint density at radius 1 is 1.00 bits per heavy atom. The number of hydrogen-bond donors (Lipinski definition) is 0. The van der Waals surface area contributed by atoms with Crippen LogP contribution in [0.3, 0.4) is 0 Å². The van der Waals surface area contributed by atoms with E-state index >= 15 is 0 Å². The summed E-state index contributed by atoms with van der Waals surface area (Å²) in [6.45, 7) is 2.19. The van der Waals surface area contributed by atoms with Gasteiger partial charge in [0.1, 0.15) is 11.5 Å². The zero-order valence-electron chi connectivity index (χ0n) is 12.7. The van der Waals surface area contributed by atoms with E-state index in [1.54, 1.807) is 0 Å². The van der Waals surface area contributed by atoms with E-state index in [4.69, 9.17) is 9.97 Å². The van der Waals surface area contributed by atoms with E-state index in [1.807, 2.05) is 36.2 Å². The zero-order chi connectivity index (χ0) is 14.8. The quantitative estimate of drug-likeness (QED) is 0.853. The molecule has 0 atom stereocenters. The van der Waals surface area contributed by atoms with Crippen LogP contribution in [-0.4, -0.2) is 39.5 Å². The summed E-state index contributed by atoms with van der Waals surface area (Å²) in [6.07, 6.45) is 6.51. The smallest absolute Gasteiger partial charge is 0.180 e. The molecule has 22 heavy (non-hydrogen) atoms. The summed E-state index contributed by atoms with van der Waals surface area (Å²) < 4.78 is 0. The van der Waals surface area contributed by atoms with Gasteiger partial charge in [0.25, 0.3) is 0 Å². The Morgan fingerprint density at radius 2 is 1.86 bits per heavy atom. The average molecular weight is 312 g/mol. The molecule has 0 aromatic carbocycles. The fraction of sp³-hybridized carbons (Fsp3) is 0.471. The second-order valence-electron chi connectivity index (χ2n) is 5.82. The molecule has 5 heteroatoms. The molecule has 2 aromatic heterocycles. The maximum Gasteiger partial charge on any atom is 0.180 e. The number of thioether (sulfide) groups is 1. The fourth-order valence-electron chi connectivity index (χ4n) is 3.22. The first kappa shape index (κ1) is 14.0. The summed E-state index contributed by atoms with van der Waals surface area (Å²) in [6, 6.07) is 5.94. The van der Waals surface area contributed by atoms with Crippen molar-refractivity contribution in [3.8, 4) is 11.5 Å². The Labute approximate surface area is 135 Å². The summed E-state index contributed by atoms with van der Waals surface area (Å²) in [5, 5.41) is 0. The first-order chi connectivity index (χ1) is 10.9. The number of pyridine rings is 1. The molecule has 0 spiro atoms. The van der Waals surface area contributed by atoms with Crippen molar-refractivity contribution in [2.24, 2.45) is 0 Å². The maximum absolute atomic E-state index is 4.92. The van der Waals surface area contributed by atoms with Crippen molar-refractivity contribution < 1.29 is 0 Å². The molecule has 0 radical (unpaired) electrons. The minimum atomic E-state index is 0.787. The highest BCUT2D eigenvalue weighted by atomic mass is 32.2. The maximum atomic E-state index is 4.92. The molecule has 1 saturated heterocycles. The lowest BCUT2D eigenvalue weighted by atomic mass is 9.96. The zero-order valence-corrected chi connectivity index (χ0v) is 13.5. The molecule has 0 amide bonds. The molecule has 2 aromatic rings. The Hall–Kier alpha value is -1.62. The van der Waals surface area contributed by atoms with Gasteiger partial charge in [-0.1, -0.05) is 6.07 Å². The van der Waals surface area contributed by atoms with Crippen molar-refractivity contribution in [2.75, 3.05) is 29.5 Å². The topological polar surface area (TPSA) is 41.9 Å². The lowest BCUT2D eigenvalue weighted by Crippen LogP contribution is -2.34. The largest absolute Gasteiger partial charge is 0.355 e. The van der Waals surface area contributed by atoms with Crippen LogP contribution in [0.1, 0.15) is 24.1 Å². The second kappa shape index (κ2) is 6.24. The van der Waals surface area contributed by atoms with E-state index in [0.717, 1.165) is 37.4 Å². The van der Waals surface area contributed by atoms with Gasteiger partial charge in [-0.25, -0.2) is 9.97 Å². The van der Waals surface area contributed by atoms with Crippen molar-refractivity contribution in [3.05, 3.63) is 35.7 Å². The molecule has 3 heterocycles. The third kappa shape index (κ3) is 2.70. The highest BCUT2D eigenvalue weighted by Crippen LogP contribution is 2.31. The first-order valence-electron chi connectivity index (χ1n) is 8.06. The highest BCUT2D eigenvalue weighted by Gasteiger charge is 2.23. The summed E-state index contributed by atoms with van der Waals surface area (Å²) in [7, 11) is 0. The van der Waals surface area contributed by atoms with Crippen LogP contribution < -0.4 is 4.90 Å². The Morgan fingerprint density at radius 3 is 2.68 bits per heavy atom. The SMILES string of the molecule is c1ccc(-c2nc3c(c(N4CCSCC4)n2)CCCC3)nc1. The lowest BCUT2D eigenvalue weighted by molar-refractivity contribution is 0.657. The summed E-state index contributed by atoms with van der Waals surface area (Å²) in [5.74, 6) is 4.34. The number of fused-ring (bicyclic) bond motifs is 1. The van der Waals surface area contributed by atoms with Crippen LogP contribution >= 0.6 is 11.8 Å². The normalized spacial score (nSPS) is 18.1. The third-order valence-corrected chi connectivity index (χ3v) is 5.31. The second-order valence-corrected chi connectivity index (χ2v) is 7.04. The standard InChI is InChI=1S/C17H20N4S/c1-2-6-14-13(5-1)17(21-9-11-22-12-10-21)20-16(19-14)15-7-3-4-8-18-15/h3-4,7-8H,1-2,5-6,9-12H2. The van der Waals surface area contributed by atoms with Crippen LogP contribution in [0.5, 0.6) is 0 Å². The van der Waals surface area contributed by atoms with Crippen molar-refractivity contribution in [1.82, 2.24) is 15.0 Å². The minimum absolute atomic E-state index is 0.787. The predicted octanol–water partition coefficient (Wildman–Crippen LogP) is 2.97. The average Bonchev–Trinajstić information content (AvgIpc) is 2.62. The Kier molecular flexibility index (Phi) is 3.97. The number of rotatable bonds is 2. The highest BCUT2D eigenvalue weighted by molar-refractivity contribution is 7.99. The van der Waals surface area contributed by atoms with E-state index < -0.39 is 0 Å². The van der Waals surface area contributed by atoms with Crippen LogP contribution in [0.15, 0.2) is 24.4 Å². The van der Waals surface area contributed by atoms with Gasteiger partial charge in [-0.3, -0.25) is 4.98 Å². The van der Waals surface area contributed by atoms with Crippen LogP contribution in [0, 0.1) is 0 Å². The van der Waals surface area contributed by atoms with Gasteiger partial charge >= 0.3 is 0 Å². The molecule has 4 rings (SSSR count). The molecule has 114 valence electrons. The van der Waals surface area contributed by atoms with Crippen molar-refractivity contribution in [1.29, 1.82) is 0 Å². The summed E-state index contributed by atoms with van der Waals surface area (Å²) in [4.78, 5) is 16.6. The van der Waals surface area contributed by atoms with Gasteiger partial charge in [0.15, 0.2) is 5.82 Å². The number of hydrogen-bond acceptors (Lipinski definition) is 5. The van der Waals surface area contributed by atoms with E-state index in [-0.39, 0.29) is 0 Å². The van der Waals surface area contributed by atoms with Crippen LogP contribution in [0.25, 0.3) is 11.5 Å². The number of aryl methyl sites for hydroxylation is 1. The molecule has 1 fully saturated rings. The molecule has 2 aliphatic rings. The molecular formula is C17H20N4S. The molecule has 0 saturated carbocycles. The van der Waals surface area contributed by atoms with Gasteiger partial charge in [-0.05, 0) is 37.8 Å². The van der Waals surface area contributed by atoms with Gasteiger partial charge in [0.05, 0.1) is 0 Å². The molecule has 4 nitrogen and oxygen atoms in total.